The largest absolute Gasteiger partial charge is 0.389 e. The minimum absolute atomic E-state index is 0.0605. The van der Waals surface area contributed by atoms with Gasteiger partial charge in [-0.3, -0.25) is 0 Å². The Morgan fingerprint density at radius 2 is 1.67 bits per heavy atom. The summed E-state index contributed by atoms with van der Waals surface area (Å²) in [5.74, 6) is 0. The van der Waals surface area contributed by atoms with Gasteiger partial charge in [0.05, 0.1) is 5.60 Å². The van der Waals surface area contributed by atoms with Gasteiger partial charge in [-0.15, -0.1) is 0 Å². The molecule has 3 heteroatoms. The van der Waals surface area contributed by atoms with Gasteiger partial charge in [-0.05, 0) is 43.2 Å². The first-order valence-electron chi connectivity index (χ1n) is 7.63. The van der Waals surface area contributed by atoms with Crippen LogP contribution >= 0.6 is 6.04 Å². The van der Waals surface area contributed by atoms with Gasteiger partial charge in [0.1, 0.15) is 0 Å². The van der Waals surface area contributed by atoms with Crippen molar-refractivity contribution in [3.63, 3.8) is 0 Å². The summed E-state index contributed by atoms with van der Waals surface area (Å²) >= 11 is 6.17. The van der Waals surface area contributed by atoms with Crippen molar-refractivity contribution in [2.24, 2.45) is 5.41 Å². The third-order valence-corrected chi connectivity index (χ3v) is 10.0. The minimum Gasteiger partial charge on any atom is -0.389 e. The highest BCUT2D eigenvalue weighted by Gasteiger charge is 2.42. The summed E-state index contributed by atoms with van der Waals surface area (Å²) in [6, 6.07) is 8.66. The molecule has 1 aromatic rings. The highest BCUT2D eigenvalue weighted by molar-refractivity contribution is 8.18. The van der Waals surface area contributed by atoms with E-state index in [-0.39, 0.29) is 11.1 Å². The molecule has 1 heterocycles. The Morgan fingerprint density at radius 3 is 2.14 bits per heavy atom. The molecule has 1 N–H and O–H groups in total. The van der Waals surface area contributed by atoms with Gasteiger partial charge in [0, 0.05) is 5.66 Å². The molecule has 0 bridgehead atoms. The highest BCUT2D eigenvalue weighted by atomic mass is 32.4. The molecule has 0 spiro atoms. The molecule has 1 aliphatic rings. The lowest BCUT2D eigenvalue weighted by atomic mass is 9.83. The van der Waals surface area contributed by atoms with E-state index in [0.29, 0.717) is 0 Å². The molecule has 116 valence electrons. The van der Waals surface area contributed by atoms with Gasteiger partial charge in [0.25, 0.3) is 0 Å². The van der Waals surface area contributed by atoms with E-state index in [9.17, 15) is 5.11 Å². The Labute approximate surface area is 134 Å². The van der Waals surface area contributed by atoms with Gasteiger partial charge in [-0.25, -0.2) is 0 Å². The van der Waals surface area contributed by atoms with Crippen molar-refractivity contribution in [3.8, 4) is 0 Å². The van der Waals surface area contributed by atoms with E-state index in [4.69, 9.17) is 11.8 Å². The fraction of sp³-hybridized carbons (Fsp3) is 0.556. The first-order chi connectivity index (χ1) is 9.55. The molecule has 21 heavy (non-hydrogen) atoms. The maximum Gasteiger partial charge on any atom is 0.0703 e. The number of allylic oxidation sites excluding steroid dienone is 1. The summed E-state index contributed by atoms with van der Waals surface area (Å²) in [7, 11) is 0. The normalized spacial score (nSPS) is 27.3. The number of hydrogen-bond donors (Lipinski definition) is 1. The summed E-state index contributed by atoms with van der Waals surface area (Å²) in [4.78, 5) is 0. The Morgan fingerprint density at radius 1 is 1.10 bits per heavy atom. The van der Waals surface area contributed by atoms with Crippen molar-refractivity contribution < 1.29 is 5.11 Å². The van der Waals surface area contributed by atoms with E-state index in [0.717, 1.165) is 12.6 Å². The van der Waals surface area contributed by atoms with Crippen LogP contribution < -0.4 is 5.30 Å². The van der Waals surface area contributed by atoms with Gasteiger partial charge in [0.15, 0.2) is 0 Å². The number of hydrogen-bond acceptors (Lipinski definition) is 2. The average Bonchev–Trinajstić information content (AvgIpc) is 2.37. The molecule has 0 saturated heterocycles. The Hall–Kier alpha value is -0.430. The maximum absolute atomic E-state index is 10.7. The average molecular weight is 322 g/mol. The lowest BCUT2D eigenvalue weighted by molar-refractivity contribution is 0.0869. The predicted octanol–water partition coefficient (Wildman–Crippen LogP) is 4.31. The molecule has 2 atom stereocenters. The second-order valence-electron chi connectivity index (χ2n) is 7.65. The lowest BCUT2D eigenvalue weighted by Crippen LogP contribution is -2.40. The first kappa shape index (κ1) is 16.9. The zero-order valence-corrected chi connectivity index (χ0v) is 15.5. The van der Waals surface area contributed by atoms with Crippen LogP contribution in [0.25, 0.3) is 0 Å². The molecular formula is C18H27OPS. The topological polar surface area (TPSA) is 20.2 Å². The summed E-state index contributed by atoms with van der Waals surface area (Å²) in [5, 5.41) is 12.0. The fourth-order valence-electron chi connectivity index (χ4n) is 3.13. The van der Waals surface area contributed by atoms with Crippen LogP contribution in [0.5, 0.6) is 0 Å². The van der Waals surface area contributed by atoms with Crippen LogP contribution in [0.1, 0.15) is 41.0 Å². The van der Waals surface area contributed by atoms with Crippen molar-refractivity contribution in [3.05, 3.63) is 42.0 Å². The van der Waals surface area contributed by atoms with E-state index >= 15 is 0 Å². The summed E-state index contributed by atoms with van der Waals surface area (Å²) in [5.41, 5.74) is 0.875. The quantitative estimate of drug-likeness (QED) is 0.647. The molecule has 0 saturated carbocycles. The van der Waals surface area contributed by atoms with Crippen molar-refractivity contribution in [2.45, 2.75) is 52.3 Å². The van der Waals surface area contributed by atoms with E-state index in [2.05, 4.69) is 51.1 Å². The van der Waals surface area contributed by atoms with Crippen LogP contribution in [0.15, 0.2) is 42.0 Å². The standard InChI is InChI=1S/C18H27OPS/c1-17(2,3)14-11-12-20(21,15-9-7-6-8-10-15)16(13-14)18(4,5)19/h6-10,13,16,19H,11-12H2,1-5H3. The van der Waals surface area contributed by atoms with Crippen LogP contribution in [0, 0.1) is 5.41 Å². The lowest BCUT2D eigenvalue weighted by Gasteiger charge is -2.43. The SMILES string of the molecule is CC(C)(C)C1=CC(C(C)(C)O)P(=S)(c2ccccc2)CC1. The van der Waals surface area contributed by atoms with Crippen LogP contribution in [0.3, 0.4) is 0 Å². The Balaban J connectivity index is 2.54. The molecule has 0 aromatic heterocycles. The summed E-state index contributed by atoms with van der Waals surface area (Å²) in [6.07, 6.45) is 4.38. The van der Waals surface area contributed by atoms with E-state index in [1.807, 2.05) is 19.9 Å². The molecule has 1 aromatic carbocycles. The van der Waals surface area contributed by atoms with Gasteiger partial charge in [-0.2, -0.15) is 0 Å². The van der Waals surface area contributed by atoms with Crippen LogP contribution in [-0.4, -0.2) is 22.5 Å². The minimum atomic E-state index is -1.80. The third kappa shape index (κ3) is 3.50. The third-order valence-electron chi connectivity index (χ3n) is 4.40. The summed E-state index contributed by atoms with van der Waals surface area (Å²) < 4.78 is 0. The Kier molecular flexibility index (Phi) is 4.55. The van der Waals surface area contributed by atoms with Crippen LogP contribution in [0.2, 0.25) is 0 Å². The number of rotatable bonds is 2. The van der Waals surface area contributed by atoms with E-state index in [1.165, 1.54) is 10.9 Å². The molecule has 0 aliphatic carbocycles. The van der Waals surface area contributed by atoms with E-state index in [1.54, 1.807) is 0 Å². The molecule has 2 unspecified atom stereocenters. The van der Waals surface area contributed by atoms with Crippen molar-refractivity contribution >= 4 is 23.1 Å². The van der Waals surface area contributed by atoms with Gasteiger partial charge in [-0.1, -0.05) is 74.6 Å². The van der Waals surface area contributed by atoms with Crippen LogP contribution in [-0.2, 0) is 11.8 Å². The van der Waals surface area contributed by atoms with Crippen molar-refractivity contribution in [2.75, 3.05) is 6.16 Å². The van der Waals surface area contributed by atoms with Crippen molar-refractivity contribution in [1.29, 1.82) is 0 Å². The fourth-order valence-corrected chi connectivity index (χ4v) is 8.27. The highest BCUT2D eigenvalue weighted by Crippen LogP contribution is 2.59. The smallest absolute Gasteiger partial charge is 0.0703 e. The number of benzene rings is 1. The molecule has 2 rings (SSSR count). The molecular weight excluding hydrogens is 295 g/mol. The summed E-state index contributed by atoms with van der Waals surface area (Å²) in [6.45, 7) is 10.6. The van der Waals surface area contributed by atoms with Crippen molar-refractivity contribution in [1.82, 2.24) is 0 Å². The van der Waals surface area contributed by atoms with E-state index < -0.39 is 11.6 Å². The monoisotopic (exact) mass is 322 g/mol. The predicted molar refractivity (Wildman–Crippen MR) is 97.5 cm³/mol. The molecule has 0 radical (unpaired) electrons. The molecule has 1 aliphatic heterocycles. The maximum atomic E-state index is 10.7. The molecule has 0 amide bonds. The van der Waals surface area contributed by atoms with Gasteiger partial charge in [0.2, 0.25) is 0 Å². The van der Waals surface area contributed by atoms with Gasteiger partial charge < -0.3 is 5.11 Å². The van der Waals surface area contributed by atoms with Crippen LogP contribution in [0.4, 0.5) is 0 Å². The molecule has 0 fully saturated rings. The second kappa shape index (κ2) is 5.65. The zero-order chi connectivity index (χ0) is 15.9. The molecule has 1 nitrogen and oxygen atoms in total. The second-order valence-corrected chi connectivity index (χ2v) is 12.7. The zero-order valence-electron chi connectivity index (χ0n) is 13.8. The first-order valence-corrected chi connectivity index (χ1v) is 10.7. The number of aliphatic hydroxyl groups is 1. The van der Waals surface area contributed by atoms with Gasteiger partial charge >= 0.3 is 0 Å². The Bertz CT molecular complexity index is 575.